The summed E-state index contributed by atoms with van der Waals surface area (Å²) in [6.07, 6.45) is 5.24. The Bertz CT molecular complexity index is 352. The predicted molar refractivity (Wildman–Crippen MR) is 70.0 cm³/mol. The van der Waals surface area contributed by atoms with E-state index in [0.29, 0.717) is 6.42 Å². The molecule has 1 N–H and O–H groups in total. The summed E-state index contributed by atoms with van der Waals surface area (Å²) in [6, 6.07) is -0.0946. The molecule has 18 heavy (non-hydrogen) atoms. The van der Waals surface area contributed by atoms with Crippen molar-refractivity contribution in [2.45, 2.75) is 65.0 Å². The van der Waals surface area contributed by atoms with Crippen molar-refractivity contribution < 1.29 is 9.59 Å². The summed E-state index contributed by atoms with van der Waals surface area (Å²) in [6.45, 7) is 6.62. The lowest BCUT2D eigenvalue weighted by molar-refractivity contribution is -0.150. The van der Waals surface area contributed by atoms with Crippen LogP contribution in [0.15, 0.2) is 0 Å². The highest BCUT2D eigenvalue weighted by Crippen LogP contribution is 2.39. The Morgan fingerprint density at radius 3 is 2.67 bits per heavy atom. The van der Waals surface area contributed by atoms with Crippen molar-refractivity contribution in [3.8, 4) is 0 Å². The summed E-state index contributed by atoms with van der Waals surface area (Å²) in [5, 5.41) is 2.78. The number of carbonyl (C=O) groups excluding carboxylic acids is 2. The molecule has 0 radical (unpaired) electrons. The molecule has 0 spiro atoms. The Kier molecular flexibility index (Phi) is 3.64. The predicted octanol–water partition coefficient (Wildman–Crippen LogP) is 1.69. The maximum absolute atomic E-state index is 12.4. The minimum atomic E-state index is -0.316. The number of amides is 2. The Balaban J connectivity index is 2.19. The topological polar surface area (TPSA) is 49.4 Å². The van der Waals surface area contributed by atoms with Gasteiger partial charge in [0.2, 0.25) is 11.8 Å². The minimum absolute atomic E-state index is 0.0113. The van der Waals surface area contributed by atoms with Gasteiger partial charge in [0.05, 0.1) is 6.54 Å². The molecule has 2 atom stereocenters. The van der Waals surface area contributed by atoms with Crippen LogP contribution in [0.5, 0.6) is 0 Å². The number of nitrogens with one attached hydrogen (secondary N) is 1. The van der Waals surface area contributed by atoms with Crippen LogP contribution in [0.25, 0.3) is 0 Å². The van der Waals surface area contributed by atoms with Crippen LogP contribution in [0.1, 0.15) is 52.9 Å². The van der Waals surface area contributed by atoms with Crippen LogP contribution in [0, 0.1) is 5.41 Å². The zero-order valence-electron chi connectivity index (χ0n) is 11.7. The molecule has 1 aliphatic heterocycles. The average molecular weight is 252 g/mol. The van der Waals surface area contributed by atoms with E-state index in [1.165, 1.54) is 6.42 Å². The number of piperazine rings is 1. The second-order valence-electron chi connectivity index (χ2n) is 6.24. The average Bonchev–Trinajstić information content (AvgIpc) is 2.31. The number of hydrogen-bond acceptors (Lipinski definition) is 2. The van der Waals surface area contributed by atoms with Crippen molar-refractivity contribution in [3.05, 3.63) is 0 Å². The van der Waals surface area contributed by atoms with Gasteiger partial charge in [-0.05, 0) is 24.7 Å². The monoisotopic (exact) mass is 252 g/mol. The summed E-state index contributed by atoms with van der Waals surface area (Å²) in [5.41, 5.74) is 0.129. The molecule has 2 aliphatic rings. The summed E-state index contributed by atoms with van der Waals surface area (Å²) < 4.78 is 0. The Hall–Kier alpha value is -1.06. The molecule has 1 aliphatic carbocycles. The highest BCUT2D eigenvalue weighted by molar-refractivity contribution is 5.95. The molecule has 2 amide bonds. The summed E-state index contributed by atoms with van der Waals surface area (Å²) >= 11 is 0. The maximum Gasteiger partial charge on any atom is 0.245 e. The van der Waals surface area contributed by atoms with Crippen LogP contribution in [0.4, 0.5) is 0 Å². The summed E-state index contributed by atoms with van der Waals surface area (Å²) in [7, 11) is 0. The number of hydrogen-bond donors (Lipinski definition) is 1. The van der Waals surface area contributed by atoms with Crippen LogP contribution in [0.3, 0.4) is 0 Å². The SMILES string of the molecule is CCC1NC(=O)CN(C2CCCCC2(C)C)C1=O. The van der Waals surface area contributed by atoms with E-state index in [9.17, 15) is 9.59 Å². The molecule has 4 nitrogen and oxygen atoms in total. The number of carbonyl (C=O) groups is 2. The van der Waals surface area contributed by atoms with Crippen molar-refractivity contribution in [1.29, 1.82) is 0 Å². The summed E-state index contributed by atoms with van der Waals surface area (Å²) in [5.74, 6) is 0.0971. The lowest BCUT2D eigenvalue weighted by Gasteiger charge is -2.47. The van der Waals surface area contributed by atoms with Crippen molar-refractivity contribution in [1.82, 2.24) is 10.2 Å². The van der Waals surface area contributed by atoms with Gasteiger partial charge < -0.3 is 10.2 Å². The van der Waals surface area contributed by atoms with Gasteiger partial charge in [0.1, 0.15) is 6.04 Å². The molecule has 102 valence electrons. The lowest BCUT2D eigenvalue weighted by Crippen LogP contribution is -2.63. The van der Waals surface area contributed by atoms with Crippen molar-refractivity contribution in [2.24, 2.45) is 5.41 Å². The summed E-state index contributed by atoms with van der Waals surface area (Å²) in [4.78, 5) is 26.0. The Morgan fingerprint density at radius 1 is 1.33 bits per heavy atom. The quantitative estimate of drug-likeness (QED) is 0.813. The fourth-order valence-electron chi connectivity index (χ4n) is 3.33. The first-order valence-electron chi connectivity index (χ1n) is 7.05. The van der Waals surface area contributed by atoms with Gasteiger partial charge in [-0.25, -0.2) is 0 Å². The van der Waals surface area contributed by atoms with Crippen LogP contribution in [0.2, 0.25) is 0 Å². The molecule has 1 heterocycles. The third-order valence-electron chi connectivity index (χ3n) is 4.47. The van der Waals surface area contributed by atoms with Gasteiger partial charge in [0.25, 0.3) is 0 Å². The molecule has 0 aromatic heterocycles. The molecule has 0 bridgehead atoms. The fraction of sp³-hybridized carbons (Fsp3) is 0.857. The fourth-order valence-corrected chi connectivity index (χ4v) is 3.33. The lowest BCUT2D eigenvalue weighted by atomic mass is 9.72. The molecular formula is C14H24N2O2. The van der Waals surface area contributed by atoms with Crippen molar-refractivity contribution >= 4 is 11.8 Å². The number of rotatable bonds is 2. The zero-order valence-corrected chi connectivity index (χ0v) is 11.7. The van der Waals surface area contributed by atoms with Gasteiger partial charge in [0.15, 0.2) is 0 Å². The molecule has 2 fully saturated rings. The first-order valence-corrected chi connectivity index (χ1v) is 7.05. The Labute approximate surface area is 109 Å². The van der Waals surface area contributed by atoms with Crippen LogP contribution in [-0.2, 0) is 9.59 Å². The minimum Gasteiger partial charge on any atom is -0.343 e. The second kappa shape index (κ2) is 4.90. The first kappa shape index (κ1) is 13.4. The van der Waals surface area contributed by atoms with Gasteiger partial charge in [-0.3, -0.25) is 9.59 Å². The van der Waals surface area contributed by atoms with Crippen LogP contribution in [-0.4, -0.2) is 35.3 Å². The van der Waals surface area contributed by atoms with Gasteiger partial charge in [0, 0.05) is 6.04 Å². The van der Waals surface area contributed by atoms with E-state index in [1.54, 1.807) is 0 Å². The van der Waals surface area contributed by atoms with E-state index in [-0.39, 0.29) is 35.9 Å². The van der Waals surface area contributed by atoms with E-state index < -0.39 is 0 Å². The van der Waals surface area contributed by atoms with E-state index >= 15 is 0 Å². The largest absolute Gasteiger partial charge is 0.343 e. The van der Waals surface area contributed by atoms with Gasteiger partial charge in [-0.15, -0.1) is 0 Å². The molecular weight excluding hydrogens is 228 g/mol. The van der Waals surface area contributed by atoms with Gasteiger partial charge in [-0.1, -0.05) is 33.6 Å². The third-order valence-corrected chi connectivity index (χ3v) is 4.47. The smallest absolute Gasteiger partial charge is 0.245 e. The van der Waals surface area contributed by atoms with E-state index in [0.717, 1.165) is 19.3 Å². The van der Waals surface area contributed by atoms with Crippen molar-refractivity contribution in [2.75, 3.05) is 6.54 Å². The Morgan fingerprint density at radius 2 is 2.06 bits per heavy atom. The molecule has 0 aromatic rings. The van der Waals surface area contributed by atoms with Crippen molar-refractivity contribution in [3.63, 3.8) is 0 Å². The zero-order chi connectivity index (χ0) is 13.3. The molecule has 0 aromatic carbocycles. The highest BCUT2D eigenvalue weighted by atomic mass is 16.2. The normalized spacial score (nSPS) is 32.3. The third kappa shape index (κ3) is 2.38. The number of nitrogens with zero attached hydrogens (tertiary/aromatic N) is 1. The van der Waals surface area contributed by atoms with E-state index in [4.69, 9.17) is 0 Å². The molecule has 1 saturated carbocycles. The molecule has 2 unspecified atom stereocenters. The molecule has 2 rings (SSSR count). The van der Waals surface area contributed by atoms with Gasteiger partial charge in [-0.2, -0.15) is 0 Å². The van der Waals surface area contributed by atoms with Crippen LogP contribution < -0.4 is 5.32 Å². The maximum atomic E-state index is 12.4. The van der Waals surface area contributed by atoms with Crippen LogP contribution >= 0.6 is 0 Å². The highest BCUT2D eigenvalue weighted by Gasteiger charge is 2.42. The van der Waals surface area contributed by atoms with Gasteiger partial charge >= 0.3 is 0 Å². The van der Waals surface area contributed by atoms with E-state index in [2.05, 4.69) is 19.2 Å². The second-order valence-corrected chi connectivity index (χ2v) is 6.24. The molecule has 4 heteroatoms. The van der Waals surface area contributed by atoms with E-state index in [1.807, 2.05) is 11.8 Å². The molecule has 1 saturated heterocycles. The first-order chi connectivity index (χ1) is 8.45. The standard InChI is InChI=1S/C14H24N2O2/c1-4-10-13(18)16(9-12(17)15-10)11-7-5-6-8-14(11,2)3/h10-11H,4-9H2,1-3H3,(H,15,17).